The second-order valence-electron chi connectivity index (χ2n) is 8.31. The molecule has 1 aliphatic heterocycles. The SMILES string of the molecule is COc1ccc(C(C)NC(=O)CCC(CO)C2CCN(C)CC2)c2ccccc12. The fourth-order valence-electron chi connectivity index (χ4n) is 4.53. The smallest absolute Gasteiger partial charge is 0.220 e. The first-order valence-corrected chi connectivity index (χ1v) is 10.7. The Hall–Kier alpha value is -2.11. The molecule has 2 atom stereocenters. The molecule has 1 aliphatic rings. The van der Waals surface area contributed by atoms with Gasteiger partial charge in [-0.1, -0.05) is 30.3 Å². The molecule has 2 aromatic rings. The highest BCUT2D eigenvalue weighted by atomic mass is 16.5. The van der Waals surface area contributed by atoms with Gasteiger partial charge in [-0.15, -0.1) is 0 Å². The molecule has 2 unspecified atom stereocenters. The van der Waals surface area contributed by atoms with Crippen LogP contribution in [-0.4, -0.2) is 49.8 Å². The van der Waals surface area contributed by atoms with Gasteiger partial charge in [0.15, 0.2) is 0 Å². The Balaban J connectivity index is 1.60. The predicted molar refractivity (Wildman–Crippen MR) is 117 cm³/mol. The third-order valence-corrected chi connectivity index (χ3v) is 6.39. The molecule has 2 aromatic carbocycles. The molecule has 0 bridgehead atoms. The number of carbonyl (C=O) groups is 1. The zero-order valence-corrected chi connectivity index (χ0v) is 17.9. The third-order valence-electron chi connectivity index (χ3n) is 6.39. The zero-order chi connectivity index (χ0) is 20.8. The lowest BCUT2D eigenvalue weighted by Gasteiger charge is -2.33. The van der Waals surface area contributed by atoms with Crippen LogP contribution in [0.15, 0.2) is 36.4 Å². The number of rotatable bonds is 8. The summed E-state index contributed by atoms with van der Waals surface area (Å²) in [4.78, 5) is 14.9. The van der Waals surface area contributed by atoms with Gasteiger partial charge in [0.1, 0.15) is 5.75 Å². The van der Waals surface area contributed by atoms with Crippen LogP contribution in [0.25, 0.3) is 10.8 Å². The van der Waals surface area contributed by atoms with Crippen LogP contribution in [0.1, 0.15) is 44.2 Å². The number of hydrogen-bond donors (Lipinski definition) is 2. The van der Waals surface area contributed by atoms with Crippen molar-refractivity contribution in [3.63, 3.8) is 0 Å². The lowest BCUT2D eigenvalue weighted by atomic mass is 9.82. The van der Waals surface area contributed by atoms with E-state index in [1.165, 1.54) is 0 Å². The zero-order valence-electron chi connectivity index (χ0n) is 17.9. The standard InChI is InChI=1S/C24H34N2O3/c1-17(20-9-10-23(29-3)22-7-5-4-6-21(20)22)25-24(28)11-8-19(16-27)18-12-14-26(2)15-13-18/h4-7,9-10,17-19,27H,8,11-16H2,1-3H3,(H,25,28). The van der Waals surface area contributed by atoms with Crippen LogP contribution in [0, 0.1) is 11.8 Å². The molecular weight excluding hydrogens is 364 g/mol. The van der Waals surface area contributed by atoms with E-state index >= 15 is 0 Å². The summed E-state index contributed by atoms with van der Waals surface area (Å²) in [6.07, 6.45) is 3.41. The van der Waals surface area contributed by atoms with Gasteiger partial charge in [-0.2, -0.15) is 0 Å². The summed E-state index contributed by atoms with van der Waals surface area (Å²) in [6, 6.07) is 12.0. The van der Waals surface area contributed by atoms with Gasteiger partial charge in [-0.3, -0.25) is 4.79 Å². The van der Waals surface area contributed by atoms with Crippen molar-refractivity contribution in [3.8, 4) is 5.75 Å². The first-order chi connectivity index (χ1) is 14.0. The highest BCUT2D eigenvalue weighted by Gasteiger charge is 2.25. The Morgan fingerprint density at radius 3 is 2.55 bits per heavy atom. The fourth-order valence-corrected chi connectivity index (χ4v) is 4.53. The third kappa shape index (κ3) is 5.28. The molecule has 1 amide bonds. The van der Waals surface area contributed by atoms with E-state index in [0.29, 0.717) is 12.3 Å². The maximum absolute atomic E-state index is 12.6. The number of carbonyl (C=O) groups excluding carboxylic acids is 1. The lowest BCUT2D eigenvalue weighted by Crippen LogP contribution is -2.35. The molecule has 29 heavy (non-hydrogen) atoms. The number of likely N-dealkylation sites (tertiary alicyclic amines) is 1. The minimum absolute atomic E-state index is 0.0452. The summed E-state index contributed by atoms with van der Waals surface area (Å²) in [5.74, 6) is 1.62. The number of ether oxygens (including phenoxy) is 1. The number of aliphatic hydroxyl groups excluding tert-OH is 1. The predicted octanol–water partition coefficient (Wildman–Crippen LogP) is 3.76. The normalized spacial score (nSPS) is 17.8. The van der Waals surface area contributed by atoms with Gasteiger partial charge in [-0.05, 0) is 75.2 Å². The average Bonchev–Trinajstić information content (AvgIpc) is 2.74. The van der Waals surface area contributed by atoms with Gasteiger partial charge in [0, 0.05) is 18.4 Å². The number of methoxy groups -OCH3 is 1. The number of benzene rings is 2. The molecule has 0 saturated carbocycles. The van der Waals surface area contributed by atoms with Crippen molar-refractivity contribution in [3.05, 3.63) is 42.0 Å². The molecule has 158 valence electrons. The summed E-state index contributed by atoms with van der Waals surface area (Å²) < 4.78 is 5.47. The van der Waals surface area contributed by atoms with Crippen LogP contribution in [-0.2, 0) is 4.79 Å². The number of fused-ring (bicyclic) bond motifs is 1. The molecule has 0 spiro atoms. The molecule has 5 heteroatoms. The number of piperidine rings is 1. The van der Waals surface area contributed by atoms with Crippen molar-refractivity contribution in [2.24, 2.45) is 11.8 Å². The van der Waals surface area contributed by atoms with Crippen LogP contribution in [0.5, 0.6) is 5.75 Å². The summed E-state index contributed by atoms with van der Waals surface area (Å²) in [5, 5.41) is 15.1. The molecule has 0 aromatic heterocycles. The lowest BCUT2D eigenvalue weighted by molar-refractivity contribution is -0.122. The second-order valence-corrected chi connectivity index (χ2v) is 8.31. The van der Waals surface area contributed by atoms with E-state index in [-0.39, 0.29) is 24.5 Å². The van der Waals surface area contributed by atoms with Crippen molar-refractivity contribution in [2.45, 2.75) is 38.6 Å². The van der Waals surface area contributed by atoms with Crippen LogP contribution >= 0.6 is 0 Å². The quantitative estimate of drug-likeness (QED) is 0.711. The molecule has 0 aliphatic carbocycles. The van der Waals surface area contributed by atoms with E-state index in [2.05, 4.69) is 23.3 Å². The number of nitrogens with zero attached hydrogens (tertiary/aromatic N) is 1. The molecule has 2 N–H and O–H groups in total. The van der Waals surface area contributed by atoms with E-state index in [1.54, 1.807) is 7.11 Å². The molecule has 1 saturated heterocycles. The van der Waals surface area contributed by atoms with Crippen molar-refractivity contribution in [1.82, 2.24) is 10.2 Å². The average molecular weight is 399 g/mol. The first-order valence-electron chi connectivity index (χ1n) is 10.7. The van der Waals surface area contributed by atoms with E-state index in [4.69, 9.17) is 4.74 Å². The van der Waals surface area contributed by atoms with Crippen LogP contribution in [0.3, 0.4) is 0 Å². The summed E-state index contributed by atoms with van der Waals surface area (Å²) >= 11 is 0. The summed E-state index contributed by atoms with van der Waals surface area (Å²) in [6.45, 7) is 4.34. The molecule has 5 nitrogen and oxygen atoms in total. The Morgan fingerprint density at radius 1 is 1.21 bits per heavy atom. The van der Waals surface area contributed by atoms with E-state index < -0.39 is 0 Å². The Morgan fingerprint density at radius 2 is 1.90 bits per heavy atom. The van der Waals surface area contributed by atoms with E-state index in [0.717, 1.165) is 54.4 Å². The van der Waals surface area contributed by atoms with Crippen molar-refractivity contribution >= 4 is 16.7 Å². The number of amides is 1. The topological polar surface area (TPSA) is 61.8 Å². The van der Waals surface area contributed by atoms with E-state index in [1.807, 2.05) is 37.3 Å². The molecule has 1 heterocycles. The Bertz CT molecular complexity index is 815. The highest BCUT2D eigenvalue weighted by molar-refractivity contribution is 5.91. The minimum atomic E-state index is -0.0887. The number of aliphatic hydroxyl groups is 1. The molecule has 0 radical (unpaired) electrons. The summed E-state index contributed by atoms with van der Waals surface area (Å²) in [5.41, 5.74) is 1.09. The first kappa shape index (κ1) is 21.6. The Kier molecular flexibility index (Phi) is 7.51. The molecule has 1 fully saturated rings. The fraction of sp³-hybridized carbons (Fsp3) is 0.542. The molecule has 3 rings (SSSR count). The van der Waals surface area contributed by atoms with E-state index in [9.17, 15) is 9.90 Å². The number of nitrogens with one attached hydrogen (secondary N) is 1. The van der Waals surface area contributed by atoms with Crippen LogP contribution < -0.4 is 10.1 Å². The van der Waals surface area contributed by atoms with Crippen LogP contribution in [0.4, 0.5) is 0 Å². The molecular formula is C24H34N2O3. The van der Waals surface area contributed by atoms with Crippen molar-refractivity contribution < 1.29 is 14.6 Å². The minimum Gasteiger partial charge on any atom is -0.496 e. The largest absolute Gasteiger partial charge is 0.496 e. The number of hydrogen-bond acceptors (Lipinski definition) is 4. The Labute approximate surface area is 174 Å². The maximum atomic E-state index is 12.6. The second kappa shape index (κ2) is 10.1. The van der Waals surface area contributed by atoms with Gasteiger partial charge in [0.25, 0.3) is 0 Å². The van der Waals surface area contributed by atoms with Gasteiger partial charge in [-0.25, -0.2) is 0 Å². The van der Waals surface area contributed by atoms with Gasteiger partial charge in [0.2, 0.25) is 5.91 Å². The monoisotopic (exact) mass is 398 g/mol. The van der Waals surface area contributed by atoms with Gasteiger partial charge in [0.05, 0.1) is 13.2 Å². The van der Waals surface area contributed by atoms with Crippen molar-refractivity contribution in [1.29, 1.82) is 0 Å². The summed E-state index contributed by atoms with van der Waals surface area (Å²) in [7, 11) is 3.82. The highest BCUT2D eigenvalue weighted by Crippen LogP contribution is 2.32. The van der Waals surface area contributed by atoms with Crippen molar-refractivity contribution in [2.75, 3.05) is 33.9 Å². The van der Waals surface area contributed by atoms with Gasteiger partial charge >= 0.3 is 0 Å². The van der Waals surface area contributed by atoms with Gasteiger partial charge < -0.3 is 20.1 Å². The van der Waals surface area contributed by atoms with Crippen LogP contribution in [0.2, 0.25) is 0 Å². The maximum Gasteiger partial charge on any atom is 0.220 e.